The average Bonchev–Trinajstić information content (AvgIpc) is 3.17. The van der Waals surface area contributed by atoms with Crippen molar-refractivity contribution in [3.05, 3.63) is 45.9 Å². The quantitative estimate of drug-likeness (QED) is 0.666. The van der Waals surface area contributed by atoms with Crippen molar-refractivity contribution in [3.8, 4) is 11.4 Å². The minimum absolute atomic E-state index is 0.0598. The van der Waals surface area contributed by atoms with Crippen molar-refractivity contribution in [2.45, 2.75) is 11.7 Å². The molecule has 3 heterocycles. The number of thiophene rings is 1. The predicted molar refractivity (Wildman–Crippen MR) is 96.1 cm³/mol. The van der Waals surface area contributed by atoms with Crippen LogP contribution in [-0.4, -0.2) is 31.4 Å². The molecular weight excluding hydrogens is 366 g/mol. The van der Waals surface area contributed by atoms with Gasteiger partial charge in [0.25, 0.3) is 0 Å². The fourth-order valence-electron chi connectivity index (χ4n) is 2.00. The van der Waals surface area contributed by atoms with E-state index in [-0.39, 0.29) is 11.7 Å². The number of nitrogens with one attached hydrogen (secondary N) is 1. The van der Waals surface area contributed by atoms with Crippen LogP contribution < -0.4 is 5.32 Å². The van der Waals surface area contributed by atoms with Crippen molar-refractivity contribution in [2.75, 3.05) is 5.75 Å². The Kier molecular flexibility index (Phi) is 5.49. The SMILES string of the molecule is Cn1c(SCC(=O)NCc2ccc(Cl)s2)nnc1-c1cccnc1. The van der Waals surface area contributed by atoms with Gasteiger partial charge in [-0.1, -0.05) is 23.4 Å². The van der Waals surface area contributed by atoms with Crippen molar-refractivity contribution in [1.82, 2.24) is 25.1 Å². The minimum atomic E-state index is -0.0598. The third kappa shape index (κ3) is 4.14. The number of rotatable bonds is 6. The number of amides is 1. The second kappa shape index (κ2) is 7.78. The molecule has 6 nitrogen and oxygen atoms in total. The third-order valence-corrected chi connectivity index (χ3v) is 5.43. The topological polar surface area (TPSA) is 72.7 Å². The molecule has 1 N–H and O–H groups in total. The summed E-state index contributed by atoms with van der Waals surface area (Å²) in [7, 11) is 1.87. The normalized spacial score (nSPS) is 10.8. The summed E-state index contributed by atoms with van der Waals surface area (Å²) in [6.07, 6.45) is 3.44. The second-order valence-corrected chi connectivity index (χ2v) is 7.62. The molecule has 0 unspecified atom stereocenters. The van der Waals surface area contributed by atoms with Crippen LogP contribution in [0.15, 0.2) is 41.8 Å². The molecule has 0 atom stereocenters. The maximum atomic E-state index is 12.0. The highest BCUT2D eigenvalue weighted by atomic mass is 35.5. The summed E-state index contributed by atoms with van der Waals surface area (Å²) in [6.45, 7) is 0.483. The molecule has 3 aromatic rings. The number of carbonyl (C=O) groups excluding carboxylic acids is 1. The zero-order chi connectivity index (χ0) is 16.9. The maximum Gasteiger partial charge on any atom is 0.230 e. The number of nitrogens with zero attached hydrogens (tertiary/aromatic N) is 4. The summed E-state index contributed by atoms with van der Waals surface area (Å²) >= 11 is 8.67. The van der Waals surface area contributed by atoms with E-state index in [9.17, 15) is 4.79 Å². The van der Waals surface area contributed by atoms with E-state index in [1.807, 2.05) is 35.9 Å². The Bertz CT molecular complexity index is 834. The van der Waals surface area contributed by atoms with E-state index in [2.05, 4.69) is 20.5 Å². The summed E-state index contributed by atoms with van der Waals surface area (Å²) in [4.78, 5) is 17.1. The fraction of sp³-hybridized carbons (Fsp3) is 0.200. The van der Waals surface area contributed by atoms with E-state index in [4.69, 9.17) is 11.6 Å². The van der Waals surface area contributed by atoms with Crippen LogP contribution in [0.3, 0.4) is 0 Å². The molecule has 0 radical (unpaired) electrons. The maximum absolute atomic E-state index is 12.0. The van der Waals surface area contributed by atoms with Crippen molar-refractivity contribution >= 4 is 40.6 Å². The number of pyridine rings is 1. The van der Waals surface area contributed by atoms with Crippen LogP contribution >= 0.6 is 34.7 Å². The van der Waals surface area contributed by atoms with Gasteiger partial charge in [0.1, 0.15) is 0 Å². The van der Waals surface area contributed by atoms with Gasteiger partial charge in [-0.15, -0.1) is 21.5 Å². The number of hydrogen-bond acceptors (Lipinski definition) is 6. The summed E-state index contributed by atoms with van der Waals surface area (Å²) in [5.74, 6) is 0.938. The predicted octanol–water partition coefficient (Wildman–Crippen LogP) is 3.00. The molecule has 0 bridgehead atoms. The molecule has 0 aliphatic rings. The highest BCUT2D eigenvalue weighted by Gasteiger charge is 2.13. The Hall–Kier alpha value is -1.90. The van der Waals surface area contributed by atoms with Gasteiger partial charge in [0.2, 0.25) is 5.91 Å². The Morgan fingerprint density at radius 1 is 1.38 bits per heavy atom. The minimum Gasteiger partial charge on any atom is -0.350 e. The van der Waals surface area contributed by atoms with Crippen LogP contribution in [0.4, 0.5) is 0 Å². The summed E-state index contributed by atoms with van der Waals surface area (Å²) in [6, 6.07) is 7.50. The van der Waals surface area contributed by atoms with Crippen LogP contribution in [0.5, 0.6) is 0 Å². The molecule has 0 saturated carbocycles. The van der Waals surface area contributed by atoms with E-state index in [0.29, 0.717) is 11.7 Å². The summed E-state index contributed by atoms with van der Waals surface area (Å²) in [5.41, 5.74) is 0.887. The first-order valence-electron chi connectivity index (χ1n) is 7.07. The molecule has 0 aliphatic heterocycles. The number of aromatic nitrogens is 4. The van der Waals surface area contributed by atoms with E-state index in [1.165, 1.54) is 23.1 Å². The molecule has 24 heavy (non-hydrogen) atoms. The lowest BCUT2D eigenvalue weighted by molar-refractivity contribution is -0.118. The molecule has 1 amide bonds. The Morgan fingerprint density at radius 3 is 2.96 bits per heavy atom. The van der Waals surface area contributed by atoms with Gasteiger partial charge in [-0.25, -0.2) is 0 Å². The van der Waals surface area contributed by atoms with Gasteiger partial charge in [0.15, 0.2) is 11.0 Å². The first-order chi connectivity index (χ1) is 11.6. The lowest BCUT2D eigenvalue weighted by Gasteiger charge is -2.04. The molecule has 0 saturated heterocycles. The largest absolute Gasteiger partial charge is 0.350 e. The monoisotopic (exact) mass is 379 g/mol. The van der Waals surface area contributed by atoms with Crippen molar-refractivity contribution < 1.29 is 4.79 Å². The van der Waals surface area contributed by atoms with E-state index >= 15 is 0 Å². The lowest BCUT2D eigenvalue weighted by Crippen LogP contribution is -2.24. The molecule has 0 aliphatic carbocycles. The molecule has 124 valence electrons. The Labute approximate surface area is 152 Å². The standard InChI is InChI=1S/C15H14ClN5OS2/c1-21-14(10-3-2-6-17-7-10)19-20-15(21)23-9-13(22)18-8-11-4-5-12(16)24-11/h2-7H,8-9H2,1H3,(H,18,22). The molecule has 9 heteroatoms. The van der Waals surface area contributed by atoms with Gasteiger partial charge < -0.3 is 9.88 Å². The van der Waals surface area contributed by atoms with E-state index < -0.39 is 0 Å². The number of halogens is 1. The number of carbonyl (C=O) groups is 1. The smallest absolute Gasteiger partial charge is 0.230 e. The van der Waals surface area contributed by atoms with Crippen LogP contribution in [0, 0.1) is 0 Å². The molecule has 0 aromatic carbocycles. The molecule has 3 aromatic heterocycles. The first-order valence-corrected chi connectivity index (χ1v) is 9.25. The summed E-state index contributed by atoms with van der Waals surface area (Å²) in [5, 5.41) is 11.9. The van der Waals surface area contributed by atoms with Crippen LogP contribution in [0.2, 0.25) is 4.34 Å². The van der Waals surface area contributed by atoms with E-state index in [0.717, 1.165) is 20.6 Å². The average molecular weight is 380 g/mol. The van der Waals surface area contributed by atoms with Crippen LogP contribution in [0.25, 0.3) is 11.4 Å². The zero-order valence-corrected chi connectivity index (χ0v) is 15.2. The lowest BCUT2D eigenvalue weighted by atomic mass is 10.3. The zero-order valence-electron chi connectivity index (χ0n) is 12.8. The van der Waals surface area contributed by atoms with Gasteiger partial charge in [-0.2, -0.15) is 0 Å². The van der Waals surface area contributed by atoms with Gasteiger partial charge in [0, 0.05) is 29.9 Å². The molecule has 0 fully saturated rings. The first kappa shape index (κ1) is 16.9. The van der Waals surface area contributed by atoms with Gasteiger partial charge >= 0.3 is 0 Å². The second-order valence-electron chi connectivity index (χ2n) is 4.88. The van der Waals surface area contributed by atoms with Gasteiger partial charge in [-0.05, 0) is 24.3 Å². The molecule has 0 spiro atoms. The Morgan fingerprint density at radius 2 is 2.25 bits per heavy atom. The van der Waals surface area contributed by atoms with Crippen LogP contribution in [0.1, 0.15) is 4.88 Å². The number of hydrogen-bond donors (Lipinski definition) is 1. The third-order valence-electron chi connectivity index (χ3n) is 3.18. The van der Waals surface area contributed by atoms with Gasteiger partial charge in [-0.3, -0.25) is 9.78 Å². The van der Waals surface area contributed by atoms with Crippen LogP contribution in [-0.2, 0) is 18.4 Å². The fourth-order valence-corrected chi connectivity index (χ4v) is 3.77. The summed E-state index contributed by atoms with van der Waals surface area (Å²) < 4.78 is 2.57. The Balaban J connectivity index is 1.55. The van der Waals surface area contributed by atoms with Crippen molar-refractivity contribution in [2.24, 2.45) is 7.05 Å². The van der Waals surface area contributed by atoms with Gasteiger partial charge in [0.05, 0.1) is 16.6 Å². The highest BCUT2D eigenvalue weighted by Crippen LogP contribution is 2.22. The molecule has 3 rings (SSSR count). The highest BCUT2D eigenvalue weighted by molar-refractivity contribution is 7.99. The number of thioether (sulfide) groups is 1. The van der Waals surface area contributed by atoms with Crippen molar-refractivity contribution in [3.63, 3.8) is 0 Å². The van der Waals surface area contributed by atoms with E-state index in [1.54, 1.807) is 12.4 Å². The van der Waals surface area contributed by atoms with Crippen molar-refractivity contribution in [1.29, 1.82) is 0 Å². The molecular formula is C15H14ClN5OS2.